The molecule has 10 heavy (non-hydrogen) atoms. The van der Waals surface area contributed by atoms with Gasteiger partial charge in [0.05, 0.1) is 6.10 Å². The second kappa shape index (κ2) is 5.68. The molecule has 0 heterocycles. The quantitative estimate of drug-likeness (QED) is 0.622. The van der Waals surface area contributed by atoms with Gasteiger partial charge in [-0.1, -0.05) is 19.8 Å². The summed E-state index contributed by atoms with van der Waals surface area (Å²) >= 11 is 0. The van der Waals surface area contributed by atoms with E-state index in [4.69, 9.17) is 0 Å². The second-order valence-electron chi connectivity index (χ2n) is 2.28. The van der Waals surface area contributed by atoms with Crippen molar-refractivity contribution in [3.63, 3.8) is 0 Å². The highest BCUT2D eigenvalue weighted by molar-refractivity contribution is 7.67. The third kappa shape index (κ3) is 6.04. The van der Waals surface area contributed by atoms with E-state index in [1.54, 1.807) is 6.92 Å². The summed E-state index contributed by atoms with van der Waals surface area (Å²) in [4.78, 5) is 0. The van der Waals surface area contributed by atoms with Crippen LogP contribution in [0.25, 0.3) is 0 Å². The van der Waals surface area contributed by atoms with Crippen molar-refractivity contribution in [2.45, 2.75) is 39.2 Å². The molecule has 0 aliphatic rings. The SMILES string of the molecule is CCCCC(C)O[SH](=O)=O. The van der Waals surface area contributed by atoms with Crippen LogP contribution in [0, 0.1) is 0 Å². The minimum Gasteiger partial charge on any atom is -0.269 e. The Morgan fingerprint density at radius 2 is 2.10 bits per heavy atom. The number of thiol groups is 1. The molecule has 0 aliphatic heterocycles. The van der Waals surface area contributed by atoms with Crippen LogP contribution in [0.2, 0.25) is 0 Å². The molecular weight excluding hydrogens is 152 g/mol. The first-order chi connectivity index (χ1) is 4.66. The lowest BCUT2D eigenvalue weighted by Crippen LogP contribution is -2.05. The molecular formula is C6H14O3S. The molecule has 0 rings (SSSR count). The number of hydrogen-bond donors (Lipinski definition) is 1. The fraction of sp³-hybridized carbons (Fsp3) is 1.00. The van der Waals surface area contributed by atoms with E-state index in [2.05, 4.69) is 11.1 Å². The Labute approximate surface area is 63.5 Å². The topological polar surface area (TPSA) is 43.4 Å². The van der Waals surface area contributed by atoms with E-state index in [0.717, 1.165) is 19.3 Å². The van der Waals surface area contributed by atoms with Crippen LogP contribution in [0.4, 0.5) is 0 Å². The lowest BCUT2D eigenvalue weighted by molar-refractivity contribution is 0.224. The minimum atomic E-state index is -2.66. The molecule has 0 N–H and O–H groups in total. The van der Waals surface area contributed by atoms with E-state index >= 15 is 0 Å². The highest BCUT2D eigenvalue weighted by atomic mass is 32.2. The van der Waals surface area contributed by atoms with Crippen LogP contribution >= 0.6 is 0 Å². The largest absolute Gasteiger partial charge is 0.269 e. The molecule has 0 aliphatic carbocycles. The van der Waals surface area contributed by atoms with Crippen LogP contribution in [-0.4, -0.2) is 14.5 Å². The summed E-state index contributed by atoms with van der Waals surface area (Å²) < 4.78 is 24.5. The van der Waals surface area contributed by atoms with Gasteiger partial charge in [-0.15, -0.1) is 0 Å². The normalized spacial score (nSPS) is 13.9. The average Bonchev–Trinajstić information content (AvgIpc) is 1.82. The van der Waals surface area contributed by atoms with Crippen molar-refractivity contribution in [1.82, 2.24) is 0 Å². The Morgan fingerprint density at radius 3 is 2.50 bits per heavy atom. The Bertz CT molecular complexity index is 134. The third-order valence-electron chi connectivity index (χ3n) is 1.23. The van der Waals surface area contributed by atoms with Gasteiger partial charge >= 0.3 is 0 Å². The zero-order valence-corrected chi connectivity index (χ0v) is 7.27. The van der Waals surface area contributed by atoms with Crippen LogP contribution in [-0.2, 0) is 15.2 Å². The first-order valence-corrected chi connectivity index (χ1v) is 4.57. The Balaban J connectivity index is 3.33. The lowest BCUT2D eigenvalue weighted by Gasteiger charge is -2.04. The second-order valence-corrected chi connectivity index (χ2v) is 2.94. The molecule has 0 aromatic heterocycles. The summed E-state index contributed by atoms with van der Waals surface area (Å²) in [6, 6.07) is 0. The summed E-state index contributed by atoms with van der Waals surface area (Å²) in [5, 5.41) is 0. The number of hydrogen-bond acceptors (Lipinski definition) is 3. The molecule has 4 heteroatoms. The highest BCUT2D eigenvalue weighted by Gasteiger charge is 2.00. The van der Waals surface area contributed by atoms with E-state index in [9.17, 15) is 8.42 Å². The van der Waals surface area contributed by atoms with Crippen molar-refractivity contribution < 1.29 is 12.6 Å². The van der Waals surface area contributed by atoms with Gasteiger partial charge < -0.3 is 0 Å². The molecule has 0 bridgehead atoms. The van der Waals surface area contributed by atoms with Crippen LogP contribution in [0.3, 0.4) is 0 Å². The van der Waals surface area contributed by atoms with Gasteiger partial charge in [0, 0.05) is 0 Å². The van der Waals surface area contributed by atoms with Gasteiger partial charge in [-0.3, -0.25) is 4.18 Å². The van der Waals surface area contributed by atoms with Crippen molar-refractivity contribution in [3.8, 4) is 0 Å². The predicted octanol–water partition coefficient (Wildman–Crippen LogP) is 1.11. The molecule has 0 amide bonds. The summed E-state index contributed by atoms with van der Waals surface area (Å²) in [6.07, 6.45) is 2.76. The fourth-order valence-electron chi connectivity index (χ4n) is 0.691. The van der Waals surface area contributed by atoms with E-state index in [1.807, 2.05) is 0 Å². The first-order valence-electron chi connectivity index (χ1n) is 3.48. The number of rotatable bonds is 5. The van der Waals surface area contributed by atoms with Crippen molar-refractivity contribution >= 4 is 11.0 Å². The van der Waals surface area contributed by atoms with Crippen molar-refractivity contribution in [2.24, 2.45) is 0 Å². The molecule has 0 fully saturated rings. The summed E-state index contributed by atoms with van der Waals surface area (Å²) in [6.45, 7) is 3.82. The van der Waals surface area contributed by atoms with Gasteiger partial charge in [0.2, 0.25) is 0 Å². The smallest absolute Gasteiger partial charge is 0.257 e. The van der Waals surface area contributed by atoms with Gasteiger partial charge in [0.15, 0.2) is 0 Å². The van der Waals surface area contributed by atoms with Crippen molar-refractivity contribution in [3.05, 3.63) is 0 Å². The molecule has 3 nitrogen and oxygen atoms in total. The van der Waals surface area contributed by atoms with E-state index in [0.29, 0.717) is 0 Å². The summed E-state index contributed by atoms with van der Waals surface area (Å²) in [7, 11) is -2.66. The zero-order valence-electron chi connectivity index (χ0n) is 6.37. The van der Waals surface area contributed by atoms with E-state index in [-0.39, 0.29) is 6.10 Å². The van der Waals surface area contributed by atoms with E-state index < -0.39 is 11.0 Å². The highest BCUT2D eigenvalue weighted by Crippen LogP contribution is 2.02. The predicted molar refractivity (Wildman–Crippen MR) is 40.4 cm³/mol. The Kier molecular flexibility index (Phi) is 5.63. The zero-order chi connectivity index (χ0) is 7.98. The van der Waals surface area contributed by atoms with Gasteiger partial charge in [-0.25, -0.2) is 8.42 Å². The molecule has 62 valence electrons. The maximum Gasteiger partial charge on any atom is 0.257 e. The maximum atomic E-state index is 9.99. The van der Waals surface area contributed by atoms with Crippen LogP contribution in [0.1, 0.15) is 33.1 Å². The average molecular weight is 166 g/mol. The molecule has 0 spiro atoms. The molecule has 1 atom stereocenters. The standard InChI is InChI=1S/C6H14O3S/c1-3-4-5-6(2)9-10(7)8/h6,10H,3-5H2,1-2H3. The van der Waals surface area contributed by atoms with Crippen LogP contribution in [0.15, 0.2) is 0 Å². The van der Waals surface area contributed by atoms with Crippen molar-refractivity contribution in [1.29, 1.82) is 0 Å². The van der Waals surface area contributed by atoms with E-state index in [1.165, 1.54) is 0 Å². The first kappa shape index (κ1) is 9.91. The Hall–Kier alpha value is -0.0900. The molecule has 0 saturated heterocycles. The summed E-state index contributed by atoms with van der Waals surface area (Å²) in [5.74, 6) is 0. The van der Waals surface area contributed by atoms with Gasteiger partial charge in [-0.05, 0) is 13.3 Å². The molecule has 0 aromatic rings. The van der Waals surface area contributed by atoms with Gasteiger partial charge in [0.1, 0.15) is 0 Å². The van der Waals surface area contributed by atoms with Crippen LogP contribution < -0.4 is 0 Å². The van der Waals surface area contributed by atoms with Gasteiger partial charge in [-0.2, -0.15) is 0 Å². The molecule has 1 unspecified atom stereocenters. The maximum absolute atomic E-state index is 9.99. The Morgan fingerprint density at radius 1 is 1.50 bits per heavy atom. The van der Waals surface area contributed by atoms with Crippen LogP contribution in [0.5, 0.6) is 0 Å². The van der Waals surface area contributed by atoms with Gasteiger partial charge in [0.25, 0.3) is 11.0 Å². The fourth-order valence-corrected chi connectivity index (χ4v) is 1.09. The minimum absolute atomic E-state index is 0.152. The molecule has 0 aromatic carbocycles. The third-order valence-corrected chi connectivity index (χ3v) is 1.76. The molecule has 0 saturated carbocycles. The number of unbranched alkanes of at least 4 members (excludes halogenated alkanes) is 1. The lowest BCUT2D eigenvalue weighted by atomic mass is 10.2. The monoisotopic (exact) mass is 166 g/mol. The summed E-state index contributed by atoms with van der Waals surface area (Å²) in [5.41, 5.74) is 0. The molecule has 0 radical (unpaired) electrons. The van der Waals surface area contributed by atoms with Crippen molar-refractivity contribution in [2.75, 3.05) is 0 Å².